The first-order valence-corrected chi connectivity index (χ1v) is 10.5. The Hall–Kier alpha value is -2.93. The molecule has 0 atom stereocenters. The van der Waals surface area contributed by atoms with E-state index in [1.165, 1.54) is 6.07 Å². The van der Waals surface area contributed by atoms with Gasteiger partial charge in [-0.1, -0.05) is 13.8 Å². The zero-order valence-electron chi connectivity index (χ0n) is 17.2. The largest absolute Gasteiger partial charge is 0.492 e. The number of piperazine rings is 1. The van der Waals surface area contributed by atoms with Gasteiger partial charge in [0.2, 0.25) is 0 Å². The van der Waals surface area contributed by atoms with Crippen molar-refractivity contribution >= 4 is 22.5 Å². The van der Waals surface area contributed by atoms with E-state index in [1.807, 2.05) is 17.0 Å². The number of hydrogen-bond donors (Lipinski definition) is 1. The summed E-state index contributed by atoms with van der Waals surface area (Å²) in [6, 6.07) is 6.98. The van der Waals surface area contributed by atoms with Gasteiger partial charge in [-0.15, -0.1) is 0 Å². The molecule has 4 heterocycles. The number of fused-ring (bicyclic) bond motifs is 4. The first kappa shape index (κ1) is 19.1. The molecular formula is C23H25FN4O2. The Balaban J connectivity index is 1.68. The molecule has 1 fully saturated rings. The van der Waals surface area contributed by atoms with E-state index in [1.54, 1.807) is 16.8 Å². The summed E-state index contributed by atoms with van der Waals surface area (Å²) in [7, 11) is 0. The highest BCUT2D eigenvalue weighted by molar-refractivity contribution is 6.14. The number of benzene rings is 1. The number of hydrogen-bond acceptors (Lipinski definition) is 5. The zero-order valence-corrected chi connectivity index (χ0v) is 17.2. The van der Waals surface area contributed by atoms with Crippen molar-refractivity contribution in [3.05, 3.63) is 41.8 Å². The minimum atomic E-state index is -0.315. The Bertz CT molecular complexity index is 1130. The Morgan fingerprint density at radius 1 is 1.27 bits per heavy atom. The Morgan fingerprint density at radius 2 is 2.07 bits per heavy atom. The highest BCUT2D eigenvalue weighted by Crippen LogP contribution is 2.42. The fourth-order valence-electron chi connectivity index (χ4n) is 4.19. The minimum Gasteiger partial charge on any atom is -0.492 e. The predicted octanol–water partition coefficient (Wildman–Crippen LogP) is 3.68. The van der Waals surface area contributed by atoms with Gasteiger partial charge in [0.1, 0.15) is 22.8 Å². The maximum atomic E-state index is 15.2. The molecule has 2 aromatic heterocycles. The van der Waals surface area contributed by atoms with E-state index in [0.29, 0.717) is 46.1 Å². The number of aromatic nitrogens is 2. The van der Waals surface area contributed by atoms with Crippen LogP contribution in [-0.2, 0) is 0 Å². The third-order valence-electron chi connectivity index (χ3n) is 5.83. The van der Waals surface area contributed by atoms with Gasteiger partial charge in [0.15, 0.2) is 0 Å². The lowest BCUT2D eigenvalue weighted by atomic mass is 10.1. The van der Waals surface area contributed by atoms with Gasteiger partial charge in [-0.2, -0.15) is 0 Å². The van der Waals surface area contributed by atoms with Gasteiger partial charge >= 0.3 is 0 Å². The van der Waals surface area contributed by atoms with Crippen LogP contribution in [0.3, 0.4) is 0 Å². The van der Waals surface area contributed by atoms with Crippen molar-refractivity contribution in [2.75, 3.05) is 37.7 Å². The number of nitrogens with one attached hydrogen (secondary N) is 1. The molecule has 0 amide bonds. The third-order valence-corrected chi connectivity index (χ3v) is 5.83. The quantitative estimate of drug-likeness (QED) is 0.546. The monoisotopic (exact) mass is 408 g/mol. The normalized spacial score (nSPS) is 15.7. The van der Waals surface area contributed by atoms with Crippen LogP contribution in [-0.4, -0.2) is 48.2 Å². The summed E-state index contributed by atoms with van der Waals surface area (Å²) in [5.41, 5.74) is 2.97. The average molecular weight is 408 g/mol. The molecule has 7 heteroatoms. The summed E-state index contributed by atoms with van der Waals surface area (Å²) in [6.45, 7) is 7.83. The molecule has 6 nitrogen and oxygen atoms in total. The molecule has 2 aliphatic heterocycles. The van der Waals surface area contributed by atoms with E-state index in [-0.39, 0.29) is 11.7 Å². The summed E-state index contributed by atoms with van der Waals surface area (Å²) in [5.74, 6) is 0.414. The molecule has 1 N–H and O–H groups in total. The molecule has 1 saturated heterocycles. The molecular weight excluding hydrogens is 383 g/mol. The minimum absolute atomic E-state index is 0.175. The maximum Gasteiger partial charge on any atom is 0.268 e. The van der Waals surface area contributed by atoms with E-state index in [2.05, 4.69) is 19.2 Å². The van der Waals surface area contributed by atoms with Gasteiger partial charge in [-0.3, -0.25) is 9.36 Å². The molecule has 0 radical (unpaired) electrons. The molecule has 3 aromatic rings. The Labute approximate surface area is 174 Å². The van der Waals surface area contributed by atoms with Gasteiger partial charge < -0.3 is 15.0 Å². The maximum absolute atomic E-state index is 15.2. The smallest absolute Gasteiger partial charge is 0.268 e. The van der Waals surface area contributed by atoms with Crippen LogP contribution in [0.1, 0.15) is 30.6 Å². The van der Waals surface area contributed by atoms with E-state index in [4.69, 9.17) is 9.72 Å². The second-order valence-electron chi connectivity index (χ2n) is 8.32. The topological polar surface area (TPSA) is 59.4 Å². The van der Waals surface area contributed by atoms with Gasteiger partial charge in [-0.05, 0) is 36.6 Å². The van der Waals surface area contributed by atoms with E-state index in [0.717, 1.165) is 38.3 Å². The highest BCUT2D eigenvalue weighted by atomic mass is 19.1. The molecule has 0 saturated carbocycles. The predicted molar refractivity (Wildman–Crippen MR) is 115 cm³/mol. The molecule has 1 aromatic carbocycles. The Kier molecular flexibility index (Phi) is 4.70. The summed E-state index contributed by atoms with van der Waals surface area (Å²) in [6.07, 6.45) is 2.58. The van der Waals surface area contributed by atoms with Crippen LogP contribution in [0.25, 0.3) is 22.3 Å². The molecule has 0 aliphatic carbocycles. The van der Waals surface area contributed by atoms with Crippen molar-refractivity contribution in [2.24, 2.45) is 5.92 Å². The van der Waals surface area contributed by atoms with Crippen molar-refractivity contribution in [2.45, 2.75) is 20.3 Å². The van der Waals surface area contributed by atoms with Gasteiger partial charge in [0.05, 0.1) is 23.5 Å². The van der Waals surface area contributed by atoms with Crippen LogP contribution in [0.4, 0.5) is 10.1 Å². The fourth-order valence-corrected chi connectivity index (χ4v) is 4.19. The van der Waals surface area contributed by atoms with Crippen molar-refractivity contribution < 1.29 is 13.9 Å². The number of ether oxygens (including phenoxy) is 1. The number of halogens is 1. The molecule has 0 bridgehead atoms. The lowest BCUT2D eigenvalue weighted by Gasteiger charge is -2.30. The second-order valence-corrected chi connectivity index (χ2v) is 8.32. The van der Waals surface area contributed by atoms with E-state index < -0.39 is 0 Å². The summed E-state index contributed by atoms with van der Waals surface area (Å²) < 4.78 is 22.9. The van der Waals surface area contributed by atoms with Crippen LogP contribution in [0.2, 0.25) is 0 Å². The highest BCUT2D eigenvalue weighted by Gasteiger charge is 2.33. The van der Waals surface area contributed by atoms with Gasteiger partial charge in [0.25, 0.3) is 5.91 Å². The number of rotatable bonds is 5. The number of carbonyl (C=O) groups is 1. The summed E-state index contributed by atoms with van der Waals surface area (Å²) in [5, 5.41) is 3.84. The fraction of sp³-hybridized carbons (Fsp3) is 0.391. The van der Waals surface area contributed by atoms with Crippen LogP contribution < -0.4 is 15.0 Å². The second kappa shape index (κ2) is 7.40. The zero-order chi connectivity index (χ0) is 20.8. The van der Waals surface area contributed by atoms with Crippen molar-refractivity contribution in [3.8, 4) is 17.1 Å². The van der Waals surface area contributed by atoms with Gasteiger partial charge in [0, 0.05) is 37.8 Å². The molecule has 2 aliphatic rings. The number of pyridine rings is 1. The first-order chi connectivity index (χ1) is 14.5. The molecule has 0 unspecified atom stereocenters. The van der Waals surface area contributed by atoms with Gasteiger partial charge in [-0.25, -0.2) is 9.37 Å². The van der Waals surface area contributed by atoms with E-state index in [9.17, 15) is 4.79 Å². The van der Waals surface area contributed by atoms with Crippen LogP contribution in [0.5, 0.6) is 5.75 Å². The molecule has 0 spiro atoms. The number of carbonyl (C=O) groups excluding carboxylic acids is 1. The van der Waals surface area contributed by atoms with Crippen molar-refractivity contribution in [1.82, 2.24) is 14.9 Å². The third kappa shape index (κ3) is 3.04. The standard InChI is InChI=1S/C23H25FN4O2/c1-14(2)5-11-30-22-15-12-16(24)19(27-9-6-25-7-10-27)13-17(15)26-21-18-4-3-8-28(18)23(29)20(21)22/h3-4,8,12-14,25H,5-7,9-11H2,1-2H3. The van der Waals surface area contributed by atoms with Crippen LogP contribution >= 0.6 is 0 Å². The summed E-state index contributed by atoms with van der Waals surface area (Å²) >= 11 is 0. The van der Waals surface area contributed by atoms with Crippen LogP contribution in [0, 0.1) is 11.7 Å². The lowest BCUT2D eigenvalue weighted by molar-refractivity contribution is 0.0965. The number of anilines is 1. The van der Waals surface area contributed by atoms with Crippen molar-refractivity contribution in [3.63, 3.8) is 0 Å². The molecule has 30 heavy (non-hydrogen) atoms. The van der Waals surface area contributed by atoms with E-state index >= 15 is 4.39 Å². The molecule has 5 rings (SSSR count). The first-order valence-electron chi connectivity index (χ1n) is 10.5. The van der Waals surface area contributed by atoms with Crippen LogP contribution in [0.15, 0.2) is 30.5 Å². The van der Waals surface area contributed by atoms with Crippen molar-refractivity contribution in [1.29, 1.82) is 0 Å². The average Bonchev–Trinajstić information content (AvgIpc) is 3.31. The Morgan fingerprint density at radius 3 is 2.83 bits per heavy atom. The SMILES string of the molecule is CC(C)CCOc1c2c(nc3cc(N4CCNCC4)c(F)cc13)-c1cccn1C2=O. The summed E-state index contributed by atoms with van der Waals surface area (Å²) in [4.78, 5) is 19.9. The number of nitrogens with zero attached hydrogens (tertiary/aromatic N) is 3. The molecule has 156 valence electrons. The lowest BCUT2D eigenvalue weighted by Crippen LogP contribution is -2.43.